The van der Waals surface area contributed by atoms with Crippen molar-refractivity contribution in [1.82, 2.24) is 0 Å². The van der Waals surface area contributed by atoms with Gasteiger partial charge in [0.2, 0.25) is 0 Å². The summed E-state index contributed by atoms with van der Waals surface area (Å²) in [5.41, 5.74) is 0.588. The average Bonchev–Trinajstić information content (AvgIpc) is 2.38. The Morgan fingerprint density at radius 3 is 1.94 bits per heavy atom. The molecule has 1 rings (SSSR count). The third kappa shape index (κ3) is 5.80. The van der Waals surface area contributed by atoms with Gasteiger partial charge in [-0.2, -0.15) is 0 Å². The number of carbonyl (C=O) groups is 2. The van der Waals surface area contributed by atoms with E-state index in [0.717, 1.165) is 0 Å². The Hall–Kier alpha value is -1.84. The SMILES string of the molecule is CCC(=O)OC.COC(=O)c1ccccc1. The van der Waals surface area contributed by atoms with E-state index in [1.165, 1.54) is 14.2 Å². The number of hydrogen-bond acceptors (Lipinski definition) is 4. The minimum absolute atomic E-state index is 0.157. The zero-order valence-electron chi connectivity index (χ0n) is 9.73. The van der Waals surface area contributed by atoms with E-state index >= 15 is 0 Å². The van der Waals surface area contributed by atoms with E-state index in [1.54, 1.807) is 31.2 Å². The molecule has 0 atom stereocenters. The van der Waals surface area contributed by atoms with Crippen LogP contribution in [0, 0.1) is 0 Å². The minimum atomic E-state index is -0.291. The van der Waals surface area contributed by atoms with Crippen LogP contribution in [-0.2, 0) is 14.3 Å². The molecule has 0 aliphatic carbocycles. The monoisotopic (exact) mass is 224 g/mol. The number of rotatable bonds is 2. The van der Waals surface area contributed by atoms with E-state index in [4.69, 9.17) is 0 Å². The van der Waals surface area contributed by atoms with E-state index < -0.39 is 0 Å². The molecule has 1 aromatic carbocycles. The van der Waals surface area contributed by atoms with Crippen molar-refractivity contribution in [3.05, 3.63) is 35.9 Å². The Bertz CT molecular complexity index is 313. The van der Waals surface area contributed by atoms with Gasteiger partial charge in [0.05, 0.1) is 19.8 Å². The number of methoxy groups -OCH3 is 2. The highest BCUT2D eigenvalue weighted by atomic mass is 16.5. The molecule has 0 N–H and O–H groups in total. The van der Waals surface area contributed by atoms with Gasteiger partial charge in [-0.1, -0.05) is 25.1 Å². The van der Waals surface area contributed by atoms with Crippen LogP contribution < -0.4 is 0 Å². The summed E-state index contributed by atoms with van der Waals surface area (Å²) in [4.78, 5) is 20.7. The minimum Gasteiger partial charge on any atom is -0.469 e. The molecular formula is C12H16O4. The highest BCUT2D eigenvalue weighted by Gasteiger charge is 2.00. The fourth-order valence-corrected chi connectivity index (χ4v) is 0.836. The number of esters is 2. The molecular weight excluding hydrogens is 208 g/mol. The summed E-state index contributed by atoms with van der Waals surface area (Å²) in [6.07, 6.45) is 0.469. The molecule has 0 aromatic heterocycles. The normalized spacial score (nSPS) is 8.44. The van der Waals surface area contributed by atoms with Crippen LogP contribution in [0.25, 0.3) is 0 Å². The molecule has 88 valence electrons. The van der Waals surface area contributed by atoms with Crippen LogP contribution in [0.5, 0.6) is 0 Å². The molecule has 0 radical (unpaired) electrons. The third-order valence-corrected chi connectivity index (χ3v) is 1.71. The van der Waals surface area contributed by atoms with E-state index in [0.29, 0.717) is 12.0 Å². The lowest BCUT2D eigenvalue weighted by atomic mass is 10.2. The van der Waals surface area contributed by atoms with Crippen LogP contribution >= 0.6 is 0 Å². The molecule has 0 aliphatic rings. The molecule has 4 nitrogen and oxygen atoms in total. The van der Waals surface area contributed by atoms with Gasteiger partial charge in [-0.3, -0.25) is 4.79 Å². The highest BCUT2D eigenvalue weighted by Crippen LogP contribution is 1.98. The number of hydrogen-bond donors (Lipinski definition) is 0. The van der Waals surface area contributed by atoms with Gasteiger partial charge in [0.25, 0.3) is 0 Å². The summed E-state index contributed by atoms with van der Waals surface area (Å²) in [7, 11) is 2.75. The Balaban J connectivity index is 0.000000325. The van der Waals surface area contributed by atoms with Crippen LogP contribution in [0.1, 0.15) is 23.7 Å². The molecule has 0 spiro atoms. The molecule has 1 aromatic rings. The maximum absolute atomic E-state index is 10.8. The molecule has 0 heterocycles. The quantitative estimate of drug-likeness (QED) is 0.721. The lowest BCUT2D eigenvalue weighted by Crippen LogP contribution is -1.99. The van der Waals surface area contributed by atoms with Gasteiger partial charge in [-0.15, -0.1) is 0 Å². The summed E-state index contributed by atoms with van der Waals surface area (Å²) < 4.78 is 8.76. The third-order valence-electron chi connectivity index (χ3n) is 1.71. The fraction of sp³-hybridized carbons (Fsp3) is 0.333. The summed E-state index contributed by atoms with van der Waals surface area (Å²) in [5.74, 6) is -0.449. The predicted octanol–water partition coefficient (Wildman–Crippen LogP) is 2.04. The van der Waals surface area contributed by atoms with Gasteiger partial charge in [0.15, 0.2) is 0 Å². The van der Waals surface area contributed by atoms with E-state index in [9.17, 15) is 9.59 Å². The van der Waals surface area contributed by atoms with Crippen molar-refractivity contribution in [3.8, 4) is 0 Å². The van der Waals surface area contributed by atoms with Gasteiger partial charge in [-0.25, -0.2) is 4.79 Å². The Labute approximate surface area is 95.2 Å². The smallest absolute Gasteiger partial charge is 0.337 e. The van der Waals surface area contributed by atoms with E-state index in [1.807, 2.05) is 6.07 Å². The van der Waals surface area contributed by atoms with Crippen molar-refractivity contribution in [1.29, 1.82) is 0 Å². The Morgan fingerprint density at radius 1 is 1.06 bits per heavy atom. The van der Waals surface area contributed by atoms with Crippen LogP contribution in [0.15, 0.2) is 30.3 Å². The van der Waals surface area contributed by atoms with E-state index in [-0.39, 0.29) is 11.9 Å². The summed E-state index contributed by atoms with van der Waals surface area (Å²) in [6, 6.07) is 8.88. The standard InChI is InChI=1S/C8H8O2.C4H8O2/c1-10-8(9)7-5-3-2-4-6-7;1-3-4(5)6-2/h2-6H,1H3;3H2,1-2H3. The van der Waals surface area contributed by atoms with Gasteiger partial charge >= 0.3 is 11.9 Å². The topological polar surface area (TPSA) is 52.6 Å². The van der Waals surface area contributed by atoms with Crippen molar-refractivity contribution in [2.24, 2.45) is 0 Å². The maximum atomic E-state index is 10.8. The molecule has 0 bridgehead atoms. The second kappa shape index (κ2) is 8.47. The Morgan fingerprint density at radius 2 is 1.62 bits per heavy atom. The second-order valence-electron chi connectivity index (χ2n) is 2.79. The van der Waals surface area contributed by atoms with E-state index in [2.05, 4.69) is 9.47 Å². The fourth-order valence-electron chi connectivity index (χ4n) is 0.836. The first kappa shape index (κ1) is 14.2. The predicted molar refractivity (Wildman–Crippen MR) is 60.1 cm³/mol. The van der Waals surface area contributed by atoms with Crippen LogP contribution in [0.4, 0.5) is 0 Å². The van der Waals surface area contributed by atoms with Crippen molar-refractivity contribution in [2.75, 3.05) is 14.2 Å². The largest absolute Gasteiger partial charge is 0.469 e. The van der Waals surface area contributed by atoms with Crippen molar-refractivity contribution >= 4 is 11.9 Å². The number of ether oxygens (including phenoxy) is 2. The van der Waals surface area contributed by atoms with Crippen LogP contribution in [0.3, 0.4) is 0 Å². The highest BCUT2D eigenvalue weighted by molar-refractivity contribution is 5.89. The molecule has 0 saturated heterocycles. The number of benzene rings is 1. The molecule has 16 heavy (non-hydrogen) atoms. The first-order valence-electron chi connectivity index (χ1n) is 4.85. The molecule has 0 fully saturated rings. The number of carbonyl (C=O) groups excluding carboxylic acids is 2. The lowest BCUT2D eigenvalue weighted by Gasteiger charge is -1.95. The van der Waals surface area contributed by atoms with Crippen LogP contribution in [-0.4, -0.2) is 26.2 Å². The van der Waals surface area contributed by atoms with Crippen molar-refractivity contribution in [3.63, 3.8) is 0 Å². The average molecular weight is 224 g/mol. The maximum Gasteiger partial charge on any atom is 0.337 e. The summed E-state index contributed by atoms with van der Waals surface area (Å²) >= 11 is 0. The zero-order valence-corrected chi connectivity index (χ0v) is 9.73. The zero-order chi connectivity index (χ0) is 12.4. The molecule has 0 aliphatic heterocycles. The second-order valence-corrected chi connectivity index (χ2v) is 2.79. The first-order chi connectivity index (χ1) is 7.65. The van der Waals surface area contributed by atoms with Crippen LogP contribution in [0.2, 0.25) is 0 Å². The molecule has 4 heteroatoms. The van der Waals surface area contributed by atoms with Gasteiger partial charge < -0.3 is 9.47 Å². The Kier molecular flexibility index (Phi) is 7.49. The van der Waals surface area contributed by atoms with Crippen molar-refractivity contribution < 1.29 is 19.1 Å². The first-order valence-corrected chi connectivity index (χ1v) is 4.85. The summed E-state index contributed by atoms with van der Waals surface area (Å²) in [6.45, 7) is 1.76. The molecule has 0 amide bonds. The van der Waals surface area contributed by atoms with Gasteiger partial charge in [-0.05, 0) is 12.1 Å². The van der Waals surface area contributed by atoms with Gasteiger partial charge in [0, 0.05) is 6.42 Å². The lowest BCUT2D eigenvalue weighted by molar-refractivity contribution is -0.140. The van der Waals surface area contributed by atoms with Crippen molar-refractivity contribution in [2.45, 2.75) is 13.3 Å². The van der Waals surface area contributed by atoms with Gasteiger partial charge in [0.1, 0.15) is 0 Å². The molecule has 0 saturated carbocycles. The summed E-state index contributed by atoms with van der Waals surface area (Å²) in [5, 5.41) is 0. The molecule has 0 unspecified atom stereocenters.